The Labute approximate surface area is 142 Å². The molecule has 2 amide bonds. The lowest BCUT2D eigenvalue weighted by Crippen LogP contribution is -2.35. The number of hydrogen-bond acceptors (Lipinski definition) is 5. The summed E-state index contributed by atoms with van der Waals surface area (Å²) in [5, 5.41) is 6.64. The summed E-state index contributed by atoms with van der Waals surface area (Å²) in [6, 6.07) is 4.78. The molecule has 0 unspecified atom stereocenters. The van der Waals surface area contributed by atoms with Crippen molar-refractivity contribution in [3.63, 3.8) is 0 Å². The van der Waals surface area contributed by atoms with Crippen LogP contribution in [0, 0.1) is 0 Å². The highest BCUT2D eigenvalue weighted by molar-refractivity contribution is 6.40. The molecule has 0 fully saturated rings. The number of nitrogens with one attached hydrogen (secondary N) is 2. The van der Waals surface area contributed by atoms with Crippen LogP contribution in [-0.4, -0.2) is 29.6 Å². The number of nitrogens with zero attached hydrogens (tertiary/aromatic N) is 1. The third-order valence-electron chi connectivity index (χ3n) is 3.00. The molecule has 0 spiro atoms. The minimum Gasteiger partial charge on any atom is -0.448 e. The Hall–Kier alpha value is -2.12. The van der Waals surface area contributed by atoms with Crippen molar-refractivity contribution in [1.82, 2.24) is 5.43 Å². The maximum absolute atomic E-state index is 12.1. The van der Waals surface area contributed by atoms with E-state index in [1.807, 2.05) is 0 Å². The predicted molar refractivity (Wildman–Crippen MR) is 85.5 cm³/mol. The molecule has 1 aromatic rings. The third kappa shape index (κ3) is 4.43. The monoisotopic (exact) mass is 357 g/mol. The molecular formula is C14H13Cl2N3O4. The van der Waals surface area contributed by atoms with Gasteiger partial charge in [-0.05, 0) is 19.1 Å². The second kappa shape index (κ2) is 7.43. The molecule has 1 aromatic carbocycles. The first kappa shape index (κ1) is 17.2. The Morgan fingerprint density at radius 2 is 1.96 bits per heavy atom. The molecule has 0 saturated heterocycles. The largest absolute Gasteiger partial charge is 0.448 e. The van der Waals surface area contributed by atoms with Crippen LogP contribution in [0.25, 0.3) is 0 Å². The molecule has 0 aliphatic carbocycles. The summed E-state index contributed by atoms with van der Waals surface area (Å²) < 4.78 is 5.02. The Morgan fingerprint density at radius 3 is 2.52 bits per heavy atom. The van der Waals surface area contributed by atoms with Crippen molar-refractivity contribution in [2.45, 2.75) is 25.9 Å². The van der Waals surface area contributed by atoms with Crippen LogP contribution in [0.15, 0.2) is 23.3 Å². The normalized spacial score (nSPS) is 15.3. The molecule has 0 saturated carbocycles. The summed E-state index contributed by atoms with van der Waals surface area (Å²) in [7, 11) is 0. The van der Waals surface area contributed by atoms with E-state index in [9.17, 15) is 14.4 Å². The fourth-order valence-corrected chi connectivity index (χ4v) is 2.24. The van der Waals surface area contributed by atoms with Crippen LogP contribution in [0.5, 0.6) is 0 Å². The number of benzene rings is 1. The van der Waals surface area contributed by atoms with Crippen molar-refractivity contribution in [2.24, 2.45) is 5.10 Å². The van der Waals surface area contributed by atoms with E-state index in [0.717, 1.165) is 0 Å². The van der Waals surface area contributed by atoms with E-state index >= 15 is 0 Å². The van der Waals surface area contributed by atoms with Crippen LogP contribution in [0.2, 0.25) is 10.0 Å². The number of para-hydroxylation sites is 1. The highest BCUT2D eigenvalue weighted by Gasteiger charge is 2.25. The van der Waals surface area contributed by atoms with Crippen LogP contribution < -0.4 is 10.7 Å². The molecule has 9 heteroatoms. The molecule has 0 bridgehead atoms. The smallest absolute Gasteiger partial charge is 0.355 e. The van der Waals surface area contributed by atoms with Crippen molar-refractivity contribution >= 4 is 52.4 Å². The first-order valence-corrected chi connectivity index (χ1v) is 7.45. The van der Waals surface area contributed by atoms with Crippen LogP contribution in [0.1, 0.15) is 19.8 Å². The number of rotatable bonds is 4. The summed E-state index contributed by atoms with van der Waals surface area (Å²) in [4.78, 5) is 34.9. The predicted octanol–water partition coefficient (Wildman–Crippen LogP) is 2.13. The Kier molecular flexibility index (Phi) is 5.57. The minimum atomic E-state index is -1.09. The zero-order valence-electron chi connectivity index (χ0n) is 12.1. The van der Waals surface area contributed by atoms with Crippen LogP contribution in [-0.2, 0) is 19.1 Å². The van der Waals surface area contributed by atoms with Gasteiger partial charge in [-0.2, -0.15) is 5.10 Å². The third-order valence-corrected chi connectivity index (χ3v) is 3.63. The number of esters is 1. The van der Waals surface area contributed by atoms with Gasteiger partial charge in [-0.15, -0.1) is 0 Å². The maximum atomic E-state index is 12.1. The average molecular weight is 358 g/mol. The molecule has 122 valence electrons. The Bertz CT molecular complexity index is 670. The van der Waals surface area contributed by atoms with E-state index in [4.69, 9.17) is 27.9 Å². The highest BCUT2D eigenvalue weighted by atomic mass is 35.5. The molecule has 1 aliphatic heterocycles. The van der Waals surface area contributed by atoms with E-state index in [-0.39, 0.29) is 40.2 Å². The summed E-state index contributed by atoms with van der Waals surface area (Å²) in [5.41, 5.74) is 2.48. The summed E-state index contributed by atoms with van der Waals surface area (Å²) in [5.74, 6) is -1.63. The molecule has 1 aliphatic rings. The van der Waals surface area contributed by atoms with E-state index in [1.165, 1.54) is 6.92 Å². The Morgan fingerprint density at radius 1 is 1.30 bits per heavy atom. The van der Waals surface area contributed by atoms with Crippen molar-refractivity contribution in [2.75, 3.05) is 5.32 Å². The van der Waals surface area contributed by atoms with Gasteiger partial charge in [0.2, 0.25) is 5.91 Å². The fraction of sp³-hybridized carbons (Fsp3) is 0.286. The van der Waals surface area contributed by atoms with Gasteiger partial charge in [0.1, 0.15) is 5.71 Å². The minimum absolute atomic E-state index is 0.0556. The molecule has 2 N–H and O–H groups in total. The lowest BCUT2D eigenvalue weighted by atomic mass is 10.2. The molecule has 0 radical (unpaired) electrons. The number of ether oxygens (including phenoxy) is 1. The molecule has 0 aromatic heterocycles. The van der Waals surface area contributed by atoms with E-state index in [0.29, 0.717) is 0 Å². The number of hydrazone groups is 1. The SMILES string of the molecule is C[C@@H](OC(=O)C1=NNC(=O)CC1)C(=O)Nc1c(Cl)cccc1Cl. The van der Waals surface area contributed by atoms with Gasteiger partial charge in [-0.3, -0.25) is 9.59 Å². The number of halogens is 2. The maximum Gasteiger partial charge on any atom is 0.355 e. The molecule has 23 heavy (non-hydrogen) atoms. The van der Waals surface area contributed by atoms with Gasteiger partial charge < -0.3 is 10.1 Å². The Balaban J connectivity index is 1.97. The van der Waals surface area contributed by atoms with Gasteiger partial charge in [-0.25, -0.2) is 10.2 Å². The summed E-state index contributed by atoms with van der Waals surface area (Å²) in [6.07, 6.45) is -0.783. The number of carbonyl (C=O) groups is 3. The number of anilines is 1. The van der Waals surface area contributed by atoms with Crippen molar-refractivity contribution in [3.05, 3.63) is 28.2 Å². The number of hydrogen-bond donors (Lipinski definition) is 2. The van der Waals surface area contributed by atoms with E-state index < -0.39 is 18.0 Å². The summed E-state index contributed by atoms with van der Waals surface area (Å²) in [6.45, 7) is 1.40. The fourth-order valence-electron chi connectivity index (χ4n) is 1.75. The van der Waals surface area contributed by atoms with Crippen LogP contribution in [0.4, 0.5) is 5.69 Å². The average Bonchev–Trinajstić information content (AvgIpc) is 2.51. The molecule has 7 nitrogen and oxygen atoms in total. The van der Waals surface area contributed by atoms with Crippen LogP contribution >= 0.6 is 23.2 Å². The number of carbonyl (C=O) groups excluding carboxylic acids is 3. The summed E-state index contributed by atoms with van der Waals surface area (Å²) >= 11 is 11.9. The van der Waals surface area contributed by atoms with Crippen molar-refractivity contribution in [1.29, 1.82) is 0 Å². The van der Waals surface area contributed by atoms with Crippen molar-refractivity contribution < 1.29 is 19.1 Å². The van der Waals surface area contributed by atoms with Gasteiger partial charge in [-0.1, -0.05) is 29.3 Å². The lowest BCUT2D eigenvalue weighted by molar-refractivity contribution is -0.146. The van der Waals surface area contributed by atoms with E-state index in [1.54, 1.807) is 18.2 Å². The first-order chi connectivity index (χ1) is 10.9. The van der Waals surface area contributed by atoms with Gasteiger partial charge in [0.25, 0.3) is 5.91 Å². The van der Waals surface area contributed by atoms with Gasteiger partial charge in [0.15, 0.2) is 6.10 Å². The van der Waals surface area contributed by atoms with Gasteiger partial charge >= 0.3 is 5.97 Å². The van der Waals surface area contributed by atoms with Crippen LogP contribution in [0.3, 0.4) is 0 Å². The van der Waals surface area contributed by atoms with E-state index in [2.05, 4.69) is 15.8 Å². The molecule has 1 atom stereocenters. The zero-order chi connectivity index (χ0) is 17.0. The zero-order valence-corrected chi connectivity index (χ0v) is 13.6. The first-order valence-electron chi connectivity index (χ1n) is 6.69. The second-order valence-electron chi connectivity index (χ2n) is 4.73. The van der Waals surface area contributed by atoms with Crippen molar-refractivity contribution in [3.8, 4) is 0 Å². The topological polar surface area (TPSA) is 96.9 Å². The quantitative estimate of drug-likeness (QED) is 0.806. The molecule has 1 heterocycles. The standard InChI is InChI=1S/C14H13Cl2N3O4/c1-7(23-14(22)10-5-6-11(20)19-18-10)13(21)17-12-8(15)3-2-4-9(12)16/h2-4,7H,5-6H2,1H3,(H,17,21)(H,19,20)/t7-/m1/s1. The second-order valence-corrected chi connectivity index (χ2v) is 5.54. The number of amides is 2. The molecule has 2 rings (SSSR count). The highest BCUT2D eigenvalue weighted by Crippen LogP contribution is 2.29. The lowest BCUT2D eigenvalue weighted by Gasteiger charge is -2.16. The molecular weight excluding hydrogens is 345 g/mol. The van der Waals surface area contributed by atoms with Gasteiger partial charge in [0.05, 0.1) is 15.7 Å². The van der Waals surface area contributed by atoms with Gasteiger partial charge in [0, 0.05) is 12.8 Å².